The highest BCUT2D eigenvalue weighted by Crippen LogP contribution is 2.27. The van der Waals surface area contributed by atoms with E-state index < -0.39 is 0 Å². The van der Waals surface area contributed by atoms with Crippen LogP contribution in [0.3, 0.4) is 0 Å². The van der Waals surface area contributed by atoms with Gasteiger partial charge in [-0.3, -0.25) is 9.59 Å². The van der Waals surface area contributed by atoms with E-state index in [4.69, 9.17) is 0 Å². The lowest BCUT2D eigenvalue weighted by Crippen LogP contribution is -2.41. The molecule has 2 heterocycles. The van der Waals surface area contributed by atoms with Crippen LogP contribution in [0.15, 0.2) is 42.5 Å². The van der Waals surface area contributed by atoms with E-state index in [1.54, 1.807) is 0 Å². The molecular weight excluding hydrogens is 374 g/mol. The Hall–Kier alpha value is -2.11. The van der Waals surface area contributed by atoms with E-state index in [1.807, 2.05) is 47.4 Å². The summed E-state index contributed by atoms with van der Waals surface area (Å²) in [6.07, 6.45) is 2.42. The summed E-state index contributed by atoms with van der Waals surface area (Å²) >= 11 is 0. The zero-order valence-electron chi connectivity index (χ0n) is 16.0. The SMILES string of the molecule is Cl.O=C(Cc1cccc2ccccc12)NCC(=O)N1CC[C@@H]2CNC[C@@H]2CC1. The molecular formula is C22H28ClN3O2. The third kappa shape index (κ3) is 4.65. The van der Waals surface area contributed by atoms with Crippen molar-refractivity contribution in [1.82, 2.24) is 15.5 Å². The highest BCUT2D eigenvalue weighted by atomic mass is 35.5. The average Bonchev–Trinajstić information content (AvgIpc) is 3.04. The summed E-state index contributed by atoms with van der Waals surface area (Å²) in [7, 11) is 0. The lowest BCUT2D eigenvalue weighted by atomic mass is 9.92. The summed E-state index contributed by atoms with van der Waals surface area (Å²) in [5.41, 5.74) is 0.994. The number of benzene rings is 2. The van der Waals surface area contributed by atoms with Gasteiger partial charge >= 0.3 is 0 Å². The summed E-state index contributed by atoms with van der Waals surface area (Å²) < 4.78 is 0. The number of likely N-dealkylation sites (tertiary alicyclic amines) is 1. The quantitative estimate of drug-likeness (QED) is 0.826. The Labute approximate surface area is 172 Å². The van der Waals surface area contributed by atoms with Crippen LogP contribution in [-0.2, 0) is 16.0 Å². The van der Waals surface area contributed by atoms with E-state index in [0.29, 0.717) is 18.3 Å². The molecule has 2 aromatic rings. The molecule has 2 aliphatic rings. The zero-order chi connectivity index (χ0) is 18.6. The van der Waals surface area contributed by atoms with Gasteiger partial charge in [-0.1, -0.05) is 42.5 Å². The third-order valence-electron chi connectivity index (χ3n) is 6.04. The first-order chi connectivity index (χ1) is 13.2. The first kappa shape index (κ1) is 20.6. The van der Waals surface area contributed by atoms with Crippen molar-refractivity contribution >= 4 is 35.0 Å². The Bertz CT molecular complexity index is 822. The minimum atomic E-state index is -0.101. The van der Waals surface area contributed by atoms with Crippen molar-refractivity contribution in [1.29, 1.82) is 0 Å². The van der Waals surface area contributed by atoms with Crippen LogP contribution >= 0.6 is 12.4 Å². The maximum absolute atomic E-state index is 12.5. The van der Waals surface area contributed by atoms with Crippen molar-refractivity contribution in [2.75, 3.05) is 32.7 Å². The van der Waals surface area contributed by atoms with E-state index in [0.717, 1.165) is 55.4 Å². The number of hydrogen-bond acceptors (Lipinski definition) is 3. The topological polar surface area (TPSA) is 61.4 Å². The number of hydrogen-bond donors (Lipinski definition) is 2. The second kappa shape index (κ2) is 9.39. The molecule has 4 rings (SSSR count). The fraction of sp³-hybridized carbons (Fsp3) is 0.455. The van der Waals surface area contributed by atoms with Gasteiger partial charge in [0.05, 0.1) is 13.0 Å². The number of amides is 2. The number of nitrogens with zero attached hydrogens (tertiary/aromatic N) is 1. The molecule has 2 atom stereocenters. The van der Waals surface area contributed by atoms with Crippen molar-refractivity contribution in [3.05, 3.63) is 48.0 Å². The number of carbonyl (C=O) groups is 2. The fourth-order valence-electron chi connectivity index (χ4n) is 4.44. The van der Waals surface area contributed by atoms with Crippen molar-refractivity contribution in [2.45, 2.75) is 19.3 Å². The van der Waals surface area contributed by atoms with E-state index in [9.17, 15) is 9.59 Å². The van der Waals surface area contributed by atoms with Crippen molar-refractivity contribution in [3.63, 3.8) is 0 Å². The molecule has 28 heavy (non-hydrogen) atoms. The largest absolute Gasteiger partial charge is 0.347 e. The van der Waals surface area contributed by atoms with E-state index in [1.165, 1.54) is 0 Å². The van der Waals surface area contributed by atoms with Crippen LogP contribution < -0.4 is 10.6 Å². The van der Waals surface area contributed by atoms with Gasteiger partial charge in [0.25, 0.3) is 0 Å². The van der Waals surface area contributed by atoms with Gasteiger partial charge in [-0.05, 0) is 54.1 Å². The number of fused-ring (bicyclic) bond motifs is 2. The Morgan fingerprint density at radius 2 is 1.68 bits per heavy atom. The Balaban J connectivity index is 0.00000225. The average molecular weight is 402 g/mol. The first-order valence-corrected chi connectivity index (χ1v) is 9.92. The Morgan fingerprint density at radius 3 is 2.43 bits per heavy atom. The number of halogens is 1. The Morgan fingerprint density at radius 1 is 1.00 bits per heavy atom. The Kier molecular flexibility index (Phi) is 6.92. The maximum atomic E-state index is 12.5. The third-order valence-corrected chi connectivity index (χ3v) is 6.04. The molecule has 2 amide bonds. The highest BCUT2D eigenvalue weighted by molar-refractivity contribution is 5.91. The van der Waals surface area contributed by atoms with E-state index in [-0.39, 0.29) is 30.8 Å². The smallest absolute Gasteiger partial charge is 0.241 e. The summed E-state index contributed by atoms with van der Waals surface area (Å²) in [4.78, 5) is 26.8. The molecule has 0 radical (unpaired) electrons. The molecule has 2 saturated heterocycles. The van der Waals surface area contributed by atoms with Gasteiger partial charge in [-0.25, -0.2) is 0 Å². The molecule has 0 bridgehead atoms. The van der Waals surface area contributed by atoms with Gasteiger partial charge in [0.15, 0.2) is 0 Å². The minimum absolute atomic E-state index is 0. The molecule has 0 spiro atoms. The molecule has 150 valence electrons. The van der Waals surface area contributed by atoms with Gasteiger partial charge in [0.2, 0.25) is 11.8 Å². The van der Waals surface area contributed by atoms with Gasteiger partial charge in [-0.15, -0.1) is 12.4 Å². The zero-order valence-corrected chi connectivity index (χ0v) is 16.8. The first-order valence-electron chi connectivity index (χ1n) is 9.92. The van der Waals surface area contributed by atoms with Gasteiger partial charge in [-0.2, -0.15) is 0 Å². The predicted molar refractivity (Wildman–Crippen MR) is 114 cm³/mol. The van der Waals surface area contributed by atoms with Crippen LogP contribution in [0.2, 0.25) is 0 Å². The minimum Gasteiger partial charge on any atom is -0.347 e. The molecule has 5 nitrogen and oxygen atoms in total. The molecule has 2 aliphatic heterocycles. The van der Waals surface area contributed by atoms with Crippen LogP contribution in [-0.4, -0.2) is 49.4 Å². The second-order valence-electron chi connectivity index (χ2n) is 7.73. The molecule has 0 aliphatic carbocycles. The molecule has 0 saturated carbocycles. The van der Waals surface area contributed by atoms with Crippen molar-refractivity contribution in [3.8, 4) is 0 Å². The fourth-order valence-corrected chi connectivity index (χ4v) is 4.44. The molecule has 2 aromatic carbocycles. The van der Waals surface area contributed by atoms with Crippen LogP contribution in [0.1, 0.15) is 18.4 Å². The van der Waals surface area contributed by atoms with Crippen LogP contribution in [0.25, 0.3) is 10.8 Å². The summed E-state index contributed by atoms with van der Waals surface area (Å²) in [5, 5.41) is 8.49. The number of rotatable bonds is 4. The summed E-state index contributed by atoms with van der Waals surface area (Å²) in [6.45, 7) is 3.86. The highest BCUT2D eigenvalue weighted by Gasteiger charge is 2.31. The molecule has 6 heteroatoms. The van der Waals surface area contributed by atoms with Crippen molar-refractivity contribution in [2.24, 2.45) is 11.8 Å². The molecule has 0 aromatic heterocycles. The van der Waals surface area contributed by atoms with Crippen LogP contribution in [0, 0.1) is 11.8 Å². The van der Waals surface area contributed by atoms with E-state index in [2.05, 4.69) is 10.6 Å². The van der Waals surface area contributed by atoms with Gasteiger partial charge < -0.3 is 15.5 Å². The van der Waals surface area contributed by atoms with Gasteiger partial charge in [0, 0.05) is 13.1 Å². The van der Waals surface area contributed by atoms with E-state index >= 15 is 0 Å². The van der Waals surface area contributed by atoms with Crippen molar-refractivity contribution < 1.29 is 9.59 Å². The standard InChI is InChI=1S/C22H27N3O2.ClH/c26-21(12-17-6-3-5-16-4-1-2-7-20(16)17)24-15-22(27)25-10-8-18-13-23-14-19(18)9-11-25;/h1-7,18-19,23H,8-15H2,(H,24,26);1H/t18-,19+;. The number of nitrogens with one attached hydrogen (secondary N) is 2. The maximum Gasteiger partial charge on any atom is 0.241 e. The second-order valence-corrected chi connectivity index (χ2v) is 7.73. The molecule has 2 N–H and O–H groups in total. The summed E-state index contributed by atoms with van der Waals surface area (Å²) in [5.74, 6) is 1.33. The lowest BCUT2D eigenvalue weighted by molar-refractivity contribution is -0.132. The molecule has 0 unspecified atom stereocenters. The normalized spacial score (nSPS) is 21.5. The van der Waals surface area contributed by atoms with Gasteiger partial charge in [0.1, 0.15) is 0 Å². The monoisotopic (exact) mass is 401 g/mol. The lowest BCUT2D eigenvalue weighted by Gasteiger charge is -2.21. The predicted octanol–water partition coefficient (Wildman–Crippen LogP) is 2.38. The summed E-state index contributed by atoms with van der Waals surface area (Å²) in [6, 6.07) is 14.1. The van der Waals surface area contributed by atoms with Crippen LogP contribution in [0.5, 0.6) is 0 Å². The number of carbonyl (C=O) groups excluding carboxylic acids is 2. The van der Waals surface area contributed by atoms with Crippen LogP contribution in [0.4, 0.5) is 0 Å². The molecule has 2 fully saturated rings.